The molecule has 0 saturated carbocycles. The summed E-state index contributed by atoms with van der Waals surface area (Å²) in [5, 5.41) is 3.54. The van der Waals surface area contributed by atoms with Crippen molar-refractivity contribution in [1.29, 1.82) is 0 Å². The molecule has 8 nitrogen and oxygen atoms in total. The van der Waals surface area contributed by atoms with Crippen LogP contribution < -0.4 is 14.4 Å². The van der Waals surface area contributed by atoms with Crippen LogP contribution in [0.5, 0.6) is 5.75 Å². The highest BCUT2D eigenvalue weighted by molar-refractivity contribution is 7.92. The van der Waals surface area contributed by atoms with Gasteiger partial charge in [-0.2, -0.15) is 0 Å². The van der Waals surface area contributed by atoms with E-state index in [1.54, 1.807) is 49.4 Å². The standard InChI is InChI=1S/C24H31Cl2N3O5S/c1-6-16(2)27-24(31)17(3)28(14-18-7-12-21(25)22(26)13-18)23(30)15-29(35(5,32)33)19-8-10-20(34-4)11-9-19/h7-13,16-17H,6,14-15H2,1-5H3,(H,27,31)/t16-,17-/m1/s1. The van der Waals surface area contributed by atoms with Crippen LogP contribution in [0.25, 0.3) is 0 Å². The first-order valence-electron chi connectivity index (χ1n) is 11.0. The summed E-state index contributed by atoms with van der Waals surface area (Å²) in [5.41, 5.74) is 0.944. The number of ether oxygens (including phenoxy) is 1. The van der Waals surface area contributed by atoms with Gasteiger partial charge >= 0.3 is 0 Å². The lowest BCUT2D eigenvalue weighted by Crippen LogP contribution is -2.52. The number of amides is 2. The van der Waals surface area contributed by atoms with Crippen molar-refractivity contribution in [1.82, 2.24) is 10.2 Å². The molecule has 0 radical (unpaired) electrons. The van der Waals surface area contributed by atoms with E-state index in [1.165, 1.54) is 12.0 Å². The van der Waals surface area contributed by atoms with Gasteiger partial charge < -0.3 is 15.0 Å². The average Bonchev–Trinajstić information content (AvgIpc) is 2.81. The third kappa shape index (κ3) is 8.02. The molecule has 2 aromatic carbocycles. The molecule has 0 saturated heterocycles. The Bertz CT molecular complexity index is 1140. The van der Waals surface area contributed by atoms with Crippen molar-refractivity contribution in [2.75, 3.05) is 24.2 Å². The van der Waals surface area contributed by atoms with Crippen LogP contribution in [0.4, 0.5) is 5.69 Å². The Kier molecular flexibility index (Phi) is 10.2. The topological polar surface area (TPSA) is 96.0 Å². The number of carbonyl (C=O) groups is 2. The molecule has 2 aromatic rings. The van der Waals surface area contributed by atoms with Crippen molar-refractivity contribution >= 4 is 50.7 Å². The van der Waals surface area contributed by atoms with Gasteiger partial charge in [0.15, 0.2) is 0 Å². The maximum absolute atomic E-state index is 13.5. The highest BCUT2D eigenvalue weighted by atomic mass is 35.5. The lowest BCUT2D eigenvalue weighted by molar-refractivity contribution is -0.139. The zero-order valence-electron chi connectivity index (χ0n) is 20.4. The summed E-state index contributed by atoms with van der Waals surface area (Å²) in [4.78, 5) is 27.7. The number of methoxy groups -OCH3 is 1. The first-order valence-corrected chi connectivity index (χ1v) is 13.6. The summed E-state index contributed by atoms with van der Waals surface area (Å²) in [7, 11) is -2.31. The molecule has 35 heavy (non-hydrogen) atoms. The van der Waals surface area contributed by atoms with Gasteiger partial charge in [0.1, 0.15) is 18.3 Å². The maximum atomic E-state index is 13.5. The van der Waals surface area contributed by atoms with Crippen molar-refractivity contribution in [2.24, 2.45) is 0 Å². The number of hydrogen-bond donors (Lipinski definition) is 1. The van der Waals surface area contributed by atoms with E-state index < -0.39 is 28.5 Å². The number of halogens is 2. The number of rotatable bonds is 11. The summed E-state index contributed by atoms with van der Waals surface area (Å²) in [6, 6.07) is 10.3. The fourth-order valence-corrected chi connectivity index (χ4v) is 4.42. The number of anilines is 1. The SMILES string of the molecule is CC[C@@H](C)NC(=O)[C@@H](C)N(Cc1ccc(Cl)c(Cl)c1)C(=O)CN(c1ccc(OC)cc1)S(C)(=O)=O. The number of benzene rings is 2. The predicted octanol–water partition coefficient (Wildman–Crippen LogP) is 4.10. The zero-order valence-corrected chi connectivity index (χ0v) is 22.7. The van der Waals surface area contributed by atoms with Gasteiger partial charge in [0.2, 0.25) is 21.8 Å². The van der Waals surface area contributed by atoms with Crippen LogP contribution in [0.3, 0.4) is 0 Å². The summed E-state index contributed by atoms with van der Waals surface area (Å²) in [6.45, 7) is 4.95. The van der Waals surface area contributed by atoms with Gasteiger partial charge in [-0.05, 0) is 62.2 Å². The smallest absolute Gasteiger partial charge is 0.244 e. The summed E-state index contributed by atoms with van der Waals surface area (Å²) < 4.78 is 31.3. The van der Waals surface area contributed by atoms with Gasteiger partial charge in [0, 0.05) is 12.6 Å². The number of nitrogens with one attached hydrogen (secondary N) is 1. The molecular weight excluding hydrogens is 513 g/mol. The Morgan fingerprint density at radius 1 is 1.06 bits per heavy atom. The largest absolute Gasteiger partial charge is 0.497 e. The second-order valence-electron chi connectivity index (χ2n) is 8.23. The van der Waals surface area contributed by atoms with Crippen molar-refractivity contribution < 1.29 is 22.7 Å². The molecule has 0 aliphatic heterocycles. The van der Waals surface area contributed by atoms with Crippen molar-refractivity contribution in [3.8, 4) is 5.75 Å². The molecule has 0 heterocycles. The van der Waals surface area contributed by atoms with Gasteiger partial charge in [0.05, 0.1) is 29.1 Å². The fourth-order valence-electron chi connectivity index (χ4n) is 3.25. The first kappa shape index (κ1) is 28.7. The second-order valence-corrected chi connectivity index (χ2v) is 11.0. The van der Waals surface area contributed by atoms with Crippen LogP contribution in [-0.2, 0) is 26.2 Å². The molecule has 0 aliphatic carbocycles. The monoisotopic (exact) mass is 543 g/mol. The van der Waals surface area contributed by atoms with Gasteiger partial charge in [-0.3, -0.25) is 13.9 Å². The van der Waals surface area contributed by atoms with Gasteiger partial charge in [-0.15, -0.1) is 0 Å². The fraction of sp³-hybridized carbons (Fsp3) is 0.417. The zero-order chi connectivity index (χ0) is 26.3. The van der Waals surface area contributed by atoms with E-state index in [4.69, 9.17) is 27.9 Å². The van der Waals surface area contributed by atoms with Crippen molar-refractivity contribution in [3.05, 3.63) is 58.1 Å². The molecule has 2 amide bonds. The third-order valence-electron chi connectivity index (χ3n) is 5.54. The minimum atomic E-state index is -3.81. The van der Waals surface area contributed by atoms with E-state index in [9.17, 15) is 18.0 Å². The van der Waals surface area contributed by atoms with Gasteiger partial charge in [0.25, 0.3) is 0 Å². The minimum Gasteiger partial charge on any atom is -0.497 e. The Labute approximate surface area is 217 Å². The maximum Gasteiger partial charge on any atom is 0.244 e. The molecule has 2 rings (SSSR count). The predicted molar refractivity (Wildman–Crippen MR) is 140 cm³/mol. The van der Waals surface area contributed by atoms with E-state index in [0.29, 0.717) is 27.0 Å². The van der Waals surface area contributed by atoms with Gasteiger partial charge in [-0.1, -0.05) is 36.2 Å². The Hall–Kier alpha value is -2.49. The van der Waals surface area contributed by atoms with Crippen LogP contribution in [0.1, 0.15) is 32.8 Å². The quantitative estimate of drug-likeness (QED) is 0.460. The van der Waals surface area contributed by atoms with E-state index in [2.05, 4.69) is 5.32 Å². The Morgan fingerprint density at radius 3 is 2.20 bits per heavy atom. The van der Waals surface area contributed by atoms with E-state index in [-0.39, 0.29) is 18.5 Å². The molecule has 0 unspecified atom stereocenters. The third-order valence-corrected chi connectivity index (χ3v) is 7.42. The average molecular weight is 545 g/mol. The molecule has 11 heteroatoms. The highest BCUT2D eigenvalue weighted by Gasteiger charge is 2.30. The molecule has 1 N–H and O–H groups in total. The Balaban J connectivity index is 2.40. The van der Waals surface area contributed by atoms with Crippen LogP contribution in [0.15, 0.2) is 42.5 Å². The molecular formula is C24H31Cl2N3O5S. The number of carbonyl (C=O) groups excluding carboxylic acids is 2. The van der Waals surface area contributed by atoms with Crippen molar-refractivity contribution in [2.45, 2.75) is 45.8 Å². The first-order chi connectivity index (χ1) is 16.4. The van der Waals surface area contributed by atoms with Crippen LogP contribution in [0.2, 0.25) is 10.0 Å². The van der Waals surface area contributed by atoms with E-state index in [0.717, 1.165) is 17.0 Å². The lowest BCUT2D eigenvalue weighted by Gasteiger charge is -2.32. The molecule has 2 atom stereocenters. The van der Waals surface area contributed by atoms with E-state index >= 15 is 0 Å². The number of nitrogens with zero attached hydrogens (tertiary/aromatic N) is 2. The highest BCUT2D eigenvalue weighted by Crippen LogP contribution is 2.25. The molecule has 192 valence electrons. The van der Waals surface area contributed by atoms with Crippen LogP contribution in [0, 0.1) is 0 Å². The molecule has 0 aromatic heterocycles. The second kappa shape index (κ2) is 12.5. The van der Waals surface area contributed by atoms with Crippen LogP contribution in [-0.4, -0.2) is 57.1 Å². The summed E-state index contributed by atoms with van der Waals surface area (Å²) in [6.07, 6.45) is 1.74. The number of sulfonamides is 1. The molecule has 0 spiro atoms. The van der Waals surface area contributed by atoms with Crippen molar-refractivity contribution in [3.63, 3.8) is 0 Å². The summed E-state index contributed by atoms with van der Waals surface area (Å²) in [5.74, 6) is -0.350. The van der Waals surface area contributed by atoms with E-state index in [1.807, 2.05) is 13.8 Å². The molecule has 0 bridgehead atoms. The normalized spacial score (nSPS) is 13.0. The van der Waals surface area contributed by atoms with Gasteiger partial charge in [-0.25, -0.2) is 8.42 Å². The Morgan fingerprint density at radius 2 is 1.69 bits per heavy atom. The summed E-state index contributed by atoms with van der Waals surface area (Å²) >= 11 is 12.2. The molecule has 0 fully saturated rings. The van der Waals surface area contributed by atoms with Crippen LogP contribution >= 0.6 is 23.2 Å². The molecule has 0 aliphatic rings. The lowest BCUT2D eigenvalue weighted by atomic mass is 10.1. The minimum absolute atomic E-state index is 0.0328. The number of hydrogen-bond acceptors (Lipinski definition) is 5.